The van der Waals surface area contributed by atoms with E-state index in [1.165, 1.54) is 6.07 Å². The van der Waals surface area contributed by atoms with Crippen LogP contribution in [0.5, 0.6) is 0 Å². The van der Waals surface area contributed by atoms with Gasteiger partial charge in [0.05, 0.1) is 10.2 Å². The van der Waals surface area contributed by atoms with Gasteiger partial charge in [-0.15, -0.1) is 0 Å². The van der Waals surface area contributed by atoms with Gasteiger partial charge in [-0.1, -0.05) is 6.92 Å². The summed E-state index contributed by atoms with van der Waals surface area (Å²) in [5.74, 6) is 0.324. The maximum Gasteiger partial charge on any atom is 0.149 e. The number of benzene rings is 1. The maximum atomic E-state index is 13.7. The van der Waals surface area contributed by atoms with Crippen LogP contribution < -0.4 is 10.6 Å². The van der Waals surface area contributed by atoms with Crippen molar-refractivity contribution in [2.75, 3.05) is 17.2 Å². The van der Waals surface area contributed by atoms with Gasteiger partial charge in [0.1, 0.15) is 29.1 Å². The van der Waals surface area contributed by atoms with Gasteiger partial charge in [0.25, 0.3) is 0 Å². The lowest BCUT2D eigenvalue weighted by atomic mass is 10.3. The molecule has 0 saturated heterocycles. The van der Waals surface area contributed by atoms with Crippen LogP contribution in [0.25, 0.3) is 0 Å². The van der Waals surface area contributed by atoms with Crippen LogP contribution in [0, 0.1) is 18.6 Å². The Morgan fingerprint density at radius 2 is 1.81 bits per heavy atom. The highest BCUT2D eigenvalue weighted by Gasteiger charge is 2.10. The first-order chi connectivity index (χ1) is 9.99. The van der Waals surface area contributed by atoms with Crippen LogP contribution in [-0.2, 0) is 0 Å². The molecule has 0 aliphatic rings. The number of aromatic nitrogens is 2. The third-order valence-corrected chi connectivity index (χ3v) is 3.27. The molecule has 1 heterocycles. The molecule has 7 heteroatoms. The van der Waals surface area contributed by atoms with Gasteiger partial charge in [0, 0.05) is 18.7 Å². The minimum absolute atomic E-state index is 0.141. The number of anilines is 3. The van der Waals surface area contributed by atoms with Crippen molar-refractivity contribution in [2.24, 2.45) is 0 Å². The van der Waals surface area contributed by atoms with E-state index in [9.17, 15) is 8.78 Å². The number of rotatable bonds is 5. The summed E-state index contributed by atoms with van der Waals surface area (Å²) in [4.78, 5) is 8.43. The van der Waals surface area contributed by atoms with E-state index in [4.69, 9.17) is 0 Å². The first-order valence-corrected chi connectivity index (χ1v) is 7.30. The fraction of sp³-hybridized carbons (Fsp3) is 0.286. The van der Waals surface area contributed by atoms with Crippen molar-refractivity contribution in [1.82, 2.24) is 9.97 Å². The molecule has 1 aromatic heterocycles. The number of nitrogens with zero attached hydrogens (tertiary/aromatic N) is 2. The molecule has 4 nitrogen and oxygen atoms in total. The Morgan fingerprint density at radius 1 is 1.10 bits per heavy atom. The molecule has 1 aromatic carbocycles. The Labute approximate surface area is 130 Å². The lowest BCUT2D eigenvalue weighted by Gasteiger charge is -2.11. The highest BCUT2D eigenvalue weighted by Crippen LogP contribution is 2.26. The van der Waals surface area contributed by atoms with E-state index in [0.717, 1.165) is 19.0 Å². The molecule has 0 unspecified atom stereocenters. The van der Waals surface area contributed by atoms with Crippen molar-refractivity contribution < 1.29 is 8.78 Å². The molecule has 0 saturated carbocycles. The topological polar surface area (TPSA) is 49.8 Å². The van der Waals surface area contributed by atoms with Crippen LogP contribution in [0.4, 0.5) is 26.1 Å². The summed E-state index contributed by atoms with van der Waals surface area (Å²) >= 11 is 3.03. The Kier molecular flexibility index (Phi) is 5.06. The number of nitrogens with one attached hydrogen (secondary N) is 2. The largest absolute Gasteiger partial charge is 0.370 e. The molecule has 0 atom stereocenters. The molecule has 112 valence electrons. The highest BCUT2D eigenvalue weighted by atomic mass is 79.9. The fourth-order valence-corrected chi connectivity index (χ4v) is 2.08. The molecule has 0 radical (unpaired) electrons. The van der Waals surface area contributed by atoms with E-state index < -0.39 is 11.6 Å². The van der Waals surface area contributed by atoms with Gasteiger partial charge in [0.15, 0.2) is 0 Å². The predicted octanol–water partition coefficient (Wildman–Crippen LogP) is 4.39. The van der Waals surface area contributed by atoms with Gasteiger partial charge in [-0.3, -0.25) is 0 Å². The molecule has 2 N–H and O–H groups in total. The van der Waals surface area contributed by atoms with Crippen molar-refractivity contribution in [3.63, 3.8) is 0 Å². The molecule has 2 rings (SSSR count). The molecule has 0 aliphatic carbocycles. The monoisotopic (exact) mass is 356 g/mol. The molecule has 21 heavy (non-hydrogen) atoms. The Morgan fingerprint density at radius 3 is 2.52 bits per heavy atom. The zero-order chi connectivity index (χ0) is 15.4. The average molecular weight is 357 g/mol. The van der Waals surface area contributed by atoms with Crippen LogP contribution >= 0.6 is 15.9 Å². The first-order valence-electron chi connectivity index (χ1n) is 6.50. The van der Waals surface area contributed by atoms with E-state index >= 15 is 0 Å². The summed E-state index contributed by atoms with van der Waals surface area (Å²) in [6, 6.07) is 3.83. The van der Waals surface area contributed by atoms with Gasteiger partial charge < -0.3 is 10.6 Å². The third-order valence-electron chi connectivity index (χ3n) is 2.67. The second-order valence-electron chi connectivity index (χ2n) is 4.48. The summed E-state index contributed by atoms with van der Waals surface area (Å²) < 4.78 is 27.1. The van der Waals surface area contributed by atoms with Crippen LogP contribution in [-0.4, -0.2) is 16.5 Å². The molecular weight excluding hydrogens is 342 g/mol. The van der Waals surface area contributed by atoms with E-state index in [1.54, 1.807) is 13.0 Å². The summed E-state index contributed by atoms with van der Waals surface area (Å²) in [6.07, 6.45) is 0.964. The fourth-order valence-electron chi connectivity index (χ4n) is 1.73. The van der Waals surface area contributed by atoms with Crippen molar-refractivity contribution in [3.05, 3.63) is 40.1 Å². The second kappa shape index (κ2) is 6.80. The Balaban J connectivity index is 2.27. The van der Waals surface area contributed by atoms with Gasteiger partial charge in [-0.05, 0) is 35.3 Å². The van der Waals surface area contributed by atoms with Crippen LogP contribution in [0.1, 0.15) is 19.2 Å². The van der Waals surface area contributed by atoms with Gasteiger partial charge in [-0.25, -0.2) is 18.7 Å². The molecule has 0 amide bonds. The standard InChI is InChI=1S/C14H15BrF2N4/c1-3-4-18-13-7-14(20-8(2)19-13)21-12-5-9(15)10(16)6-11(12)17/h5-7H,3-4H2,1-2H3,(H2,18,19,20,21). The number of hydrogen-bond donors (Lipinski definition) is 2. The molecule has 0 fully saturated rings. The van der Waals surface area contributed by atoms with E-state index in [2.05, 4.69) is 36.5 Å². The van der Waals surface area contributed by atoms with Gasteiger partial charge in [-0.2, -0.15) is 0 Å². The Bertz CT molecular complexity index is 649. The number of aryl methyl sites for hydroxylation is 1. The zero-order valence-corrected chi connectivity index (χ0v) is 13.3. The molecule has 2 aromatic rings. The van der Waals surface area contributed by atoms with E-state index in [1.807, 2.05) is 6.92 Å². The normalized spacial score (nSPS) is 10.5. The third kappa shape index (κ3) is 4.10. The molecule has 0 spiro atoms. The summed E-state index contributed by atoms with van der Waals surface area (Å²) in [5, 5.41) is 5.98. The zero-order valence-electron chi connectivity index (χ0n) is 11.7. The number of halogens is 3. The average Bonchev–Trinajstić information content (AvgIpc) is 2.42. The second-order valence-corrected chi connectivity index (χ2v) is 5.34. The highest BCUT2D eigenvalue weighted by molar-refractivity contribution is 9.10. The van der Waals surface area contributed by atoms with E-state index in [0.29, 0.717) is 17.5 Å². The van der Waals surface area contributed by atoms with Crippen LogP contribution in [0.15, 0.2) is 22.7 Å². The summed E-state index contributed by atoms with van der Waals surface area (Å²) in [6.45, 7) is 4.58. The van der Waals surface area contributed by atoms with Gasteiger partial charge >= 0.3 is 0 Å². The minimum atomic E-state index is -0.685. The molecule has 0 bridgehead atoms. The van der Waals surface area contributed by atoms with Crippen molar-refractivity contribution in [2.45, 2.75) is 20.3 Å². The number of hydrogen-bond acceptors (Lipinski definition) is 4. The molecule has 0 aliphatic heterocycles. The quantitative estimate of drug-likeness (QED) is 0.780. The van der Waals surface area contributed by atoms with E-state index in [-0.39, 0.29) is 10.2 Å². The Hall–Kier alpha value is -1.76. The lowest BCUT2D eigenvalue weighted by molar-refractivity contribution is 0.581. The lowest BCUT2D eigenvalue weighted by Crippen LogP contribution is -2.06. The van der Waals surface area contributed by atoms with Crippen LogP contribution in [0.3, 0.4) is 0 Å². The van der Waals surface area contributed by atoms with Crippen molar-refractivity contribution in [1.29, 1.82) is 0 Å². The first kappa shape index (κ1) is 15.6. The summed E-state index contributed by atoms with van der Waals surface area (Å²) in [5.41, 5.74) is 0.141. The minimum Gasteiger partial charge on any atom is -0.370 e. The van der Waals surface area contributed by atoms with Crippen molar-refractivity contribution in [3.8, 4) is 0 Å². The smallest absolute Gasteiger partial charge is 0.149 e. The molecular formula is C14H15BrF2N4. The predicted molar refractivity (Wildman–Crippen MR) is 82.9 cm³/mol. The van der Waals surface area contributed by atoms with Gasteiger partial charge in [0.2, 0.25) is 0 Å². The maximum absolute atomic E-state index is 13.7. The van der Waals surface area contributed by atoms with Crippen LogP contribution in [0.2, 0.25) is 0 Å². The summed E-state index contributed by atoms with van der Waals surface area (Å²) in [7, 11) is 0. The SMILES string of the molecule is CCCNc1cc(Nc2cc(Br)c(F)cc2F)nc(C)n1. The van der Waals surface area contributed by atoms with Crippen molar-refractivity contribution >= 4 is 33.3 Å².